The summed E-state index contributed by atoms with van der Waals surface area (Å²) in [6.45, 7) is -0.189. The molecule has 5 rings (SSSR count). The summed E-state index contributed by atoms with van der Waals surface area (Å²) in [5.41, 5.74) is 1.47. The van der Waals surface area contributed by atoms with E-state index in [1.54, 1.807) is 30.3 Å². The minimum atomic E-state index is -1.26. The molecule has 0 aromatic heterocycles. The van der Waals surface area contributed by atoms with Gasteiger partial charge < -0.3 is 24.8 Å². The van der Waals surface area contributed by atoms with Gasteiger partial charge in [0.25, 0.3) is 0 Å². The van der Waals surface area contributed by atoms with Crippen LogP contribution in [0.1, 0.15) is 32.6 Å². The van der Waals surface area contributed by atoms with Crippen molar-refractivity contribution in [1.82, 2.24) is 0 Å². The first kappa shape index (κ1) is 15.7. The minimum absolute atomic E-state index is 0.00711. The number of phenolic OH excluding ortho intramolecular Hbond substituents is 2. The van der Waals surface area contributed by atoms with Crippen molar-refractivity contribution < 1.29 is 29.6 Å². The number of hydrogen-bond donors (Lipinski definition) is 3. The predicted molar refractivity (Wildman–Crippen MR) is 93.9 cm³/mol. The molecule has 3 aromatic rings. The van der Waals surface area contributed by atoms with Crippen LogP contribution < -0.4 is 4.74 Å². The normalized spacial score (nSPS) is 15.5. The van der Waals surface area contributed by atoms with Crippen LogP contribution in [-0.4, -0.2) is 21.3 Å². The molecule has 0 amide bonds. The molecule has 0 saturated heterocycles. The van der Waals surface area contributed by atoms with Crippen molar-refractivity contribution in [3.63, 3.8) is 0 Å². The maximum atomic E-state index is 12.7. The lowest BCUT2D eigenvalue weighted by Crippen LogP contribution is -2.32. The predicted octanol–water partition coefficient (Wildman–Crippen LogP) is 3.16. The topological polar surface area (TPSA) is 96.2 Å². The van der Waals surface area contributed by atoms with Crippen LogP contribution in [0.2, 0.25) is 0 Å². The summed E-state index contributed by atoms with van der Waals surface area (Å²) in [5, 5.41) is 29.2. The Balaban J connectivity index is 1.87. The third-order valence-corrected chi connectivity index (χ3v) is 5.02. The van der Waals surface area contributed by atoms with Crippen LogP contribution in [0.15, 0.2) is 54.6 Å². The van der Waals surface area contributed by atoms with Gasteiger partial charge in [-0.05, 0) is 35.9 Å². The Morgan fingerprint density at radius 1 is 0.815 bits per heavy atom. The van der Waals surface area contributed by atoms with Gasteiger partial charge in [0.2, 0.25) is 0 Å². The van der Waals surface area contributed by atoms with Crippen molar-refractivity contribution in [1.29, 1.82) is 0 Å². The van der Waals surface area contributed by atoms with E-state index in [0.717, 1.165) is 0 Å². The van der Waals surface area contributed by atoms with Gasteiger partial charge in [-0.3, -0.25) is 0 Å². The van der Waals surface area contributed by atoms with E-state index in [2.05, 4.69) is 0 Å². The average Bonchev–Trinajstić information content (AvgIpc) is 2.94. The van der Waals surface area contributed by atoms with Gasteiger partial charge in [-0.2, -0.15) is 0 Å². The fourth-order valence-corrected chi connectivity index (χ4v) is 3.85. The number of phenols is 2. The SMILES string of the molecule is O=C1OC2(c3ccc(O)cc3Oc3cc(O)ccc32)c2ccc(CO)cc21. The molecule has 0 unspecified atom stereocenters. The molecule has 27 heavy (non-hydrogen) atoms. The molecule has 2 aliphatic heterocycles. The van der Waals surface area contributed by atoms with Crippen molar-refractivity contribution in [2.45, 2.75) is 12.2 Å². The molecule has 2 aliphatic rings. The lowest BCUT2D eigenvalue weighted by Gasteiger charge is -2.36. The number of rotatable bonds is 1. The summed E-state index contributed by atoms with van der Waals surface area (Å²) in [5.74, 6) is 0.167. The van der Waals surface area contributed by atoms with Crippen molar-refractivity contribution in [2.75, 3.05) is 0 Å². The van der Waals surface area contributed by atoms with Crippen molar-refractivity contribution in [3.05, 3.63) is 82.4 Å². The van der Waals surface area contributed by atoms with Gasteiger partial charge >= 0.3 is 5.97 Å². The molecule has 3 N–H and O–H groups in total. The lowest BCUT2D eigenvalue weighted by molar-refractivity contribution is 0.0224. The Morgan fingerprint density at radius 3 is 2.00 bits per heavy atom. The molecule has 6 heteroatoms. The number of carbonyl (C=O) groups is 1. The number of aliphatic hydroxyl groups excluding tert-OH is 1. The standard InChI is InChI=1S/C21H14O6/c22-10-11-1-4-15-14(7-11)20(25)27-21(15)16-5-2-12(23)8-18(16)26-19-9-13(24)3-6-17(19)21/h1-9,22-24H,10H2. The van der Waals surface area contributed by atoms with Crippen LogP contribution in [0.4, 0.5) is 0 Å². The fourth-order valence-electron chi connectivity index (χ4n) is 3.85. The Labute approximate surface area is 153 Å². The zero-order valence-corrected chi connectivity index (χ0v) is 14.0. The first-order valence-electron chi connectivity index (χ1n) is 8.35. The quantitative estimate of drug-likeness (QED) is 0.576. The Bertz CT molecular complexity index is 1070. The molecule has 1 spiro atoms. The zero-order valence-electron chi connectivity index (χ0n) is 14.0. The highest BCUT2D eigenvalue weighted by Crippen LogP contribution is 2.56. The summed E-state index contributed by atoms with van der Waals surface area (Å²) in [4.78, 5) is 12.7. The van der Waals surface area contributed by atoms with E-state index in [4.69, 9.17) is 9.47 Å². The molecule has 134 valence electrons. The Hall–Kier alpha value is -3.51. The number of aliphatic hydroxyl groups is 1. The van der Waals surface area contributed by atoms with Gasteiger partial charge in [0.15, 0.2) is 5.60 Å². The average molecular weight is 362 g/mol. The van der Waals surface area contributed by atoms with Gasteiger partial charge in [-0.15, -0.1) is 0 Å². The number of aromatic hydroxyl groups is 2. The summed E-state index contributed by atoms with van der Waals surface area (Å²) in [6.07, 6.45) is 0. The first-order valence-corrected chi connectivity index (χ1v) is 8.35. The van der Waals surface area contributed by atoms with Gasteiger partial charge in [0, 0.05) is 28.8 Å². The zero-order chi connectivity index (χ0) is 18.8. The van der Waals surface area contributed by atoms with E-state index in [1.807, 2.05) is 0 Å². The number of benzene rings is 3. The van der Waals surface area contributed by atoms with Crippen LogP contribution >= 0.6 is 0 Å². The molecule has 0 saturated carbocycles. The van der Waals surface area contributed by atoms with Gasteiger partial charge in [-0.1, -0.05) is 12.1 Å². The molecule has 0 aliphatic carbocycles. The summed E-state index contributed by atoms with van der Waals surface area (Å²) in [7, 11) is 0. The van der Waals surface area contributed by atoms with E-state index in [9.17, 15) is 20.1 Å². The lowest BCUT2D eigenvalue weighted by atomic mass is 9.77. The van der Waals surface area contributed by atoms with Crippen LogP contribution in [-0.2, 0) is 16.9 Å². The van der Waals surface area contributed by atoms with E-state index in [0.29, 0.717) is 39.3 Å². The van der Waals surface area contributed by atoms with E-state index < -0.39 is 11.6 Å². The second-order valence-electron chi connectivity index (χ2n) is 6.57. The van der Waals surface area contributed by atoms with Crippen molar-refractivity contribution >= 4 is 5.97 Å². The number of carbonyl (C=O) groups excluding carboxylic acids is 1. The number of hydrogen-bond acceptors (Lipinski definition) is 6. The van der Waals surface area contributed by atoms with Crippen molar-refractivity contribution in [3.8, 4) is 23.0 Å². The van der Waals surface area contributed by atoms with Crippen molar-refractivity contribution in [2.24, 2.45) is 0 Å². The van der Waals surface area contributed by atoms with Crippen LogP contribution in [0, 0.1) is 0 Å². The highest BCUT2D eigenvalue weighted by Gasteiger charge is 2.53. The molecule has 0 bridgehead atoms. The molecule has 0 fully saturated rings. The van der Waals surface area contributed by atoms with Gasteiger partial charge in [-0.25, -0.2) is 4.79 Å². The molecule has 6 nitrogen and oxygen atoms in total. The maximum absolute atomic E-state index is 12.7. The third-order valence-electron chi connectivity index (χ3n) is 5.02. The van der Waals surface area contributed by atoms with E-state index in [-0.39, 0.29) is 18.1 Å². The Kier molecular flexibility index (Phi) is 3.06. The van der Waals surface area contributed by atoms with Gasteiger partial charge in [0.05, 0.1) is 12.2 Å². The molecule has 0 atom stereocenters. The van der Waals surface area contributed by atoms with Crippen LogP contribution in [0.5, 0.6) is 23.0 Å². The fraction of sp³-hybridized carbons (Fsp3) is 0.0952. The van der Waals surface area contributed by atoms with E-state index >= 15 is 0 Å². The summed E-state index contributed by atoms with van der Waals surface area (Å²) < 4.78 is 11.8. The molecular weight excluding hydrogens is 348 g/mol. The molecule has 2 heterocycles. The minimum Gasteiger partial charge on any atom is -0.508 e. The van der Waals surface area contributed by atoms with Crippen LogP contribution in [0.3, 0.4) is 0 Å². The van der Waals surface area contributed by atoms with Gasteiger partial charge in [0.1, 0.15) is 23.0 Å². The number of ether oxygens (including phenoxy) is 2. The number of esters is 1. The smallest absolute Gasteiger partial charge is 0.340 e. The Morgan fingerprint density at radius 2 is 1.41 bits per heavy atom. The monoisotopic (exact) mass is 362 g/mol. The third kappa shape index (κ3) is 2.01. The molecular formula is C21H14O6. The second kappa shape index (κ2) is 5.25. The first-order chi connectivity index (χ1) is 13.0. The number of fused-ring (bicyclic) bond motifs is 6. The summed E-state index contributed by atoms with van der Waals surface area (Å²) >= 11 is 0. The molecule has 3 aromatic carbocycles. The maximum Gasteiger partial charge on any atom is 0.340 e. The summed E-state index contributed by atoms with van der Waals surface area (Å²) in [6, 6.07) is 14.3. The second-order valence-corrected chi connectivity index (χ2v) is 6.57. The van der Waals surface area contributed by atoms with E-state index in [1.165, 1.54) is 24.3 Å². The van der Waals surface area contributed by atoms with Crippen LogP contribution in [0.25, 0.3) is 0 Å². The highest BCUT2D eigenvalue weighted by molar-refractivity contribution is 5.97. The molecule has 0 radical (unpaired) electrons. The highest BCUT2D eigenvalue weighted by atomic mass is 16.6. The largest absolute Gasteiger partial charge is 0.508 e.